The van der Waals surface area contributed by atoms with Crippen LogP contribution in [0.1, 0.15) is 50.2 Å². The van der Waals surface area contributed by atoms with Gasteiger partial charge in [0.25, 0.3) is 0 Å². The van der Waals surface area contributed by atoms with Gasteiger partial charge in [-0.2, -0.15) is 0 Å². The number of rotatable bonds is 4. The van der Waals surface area contributed by atoms with Crippen LogP contribution in [-0.4, -0.2) is 17.7 Å². The molecule has 102 valence electrons. The maximum Gasteiger partial charge on any atom is 0.107 e. The van der Waals surface area contributed by atoms with Gasteiger partial charge in [0.1, 0.15) is 17.1 Å². The lowest BCUT2D eigenvalue weighted by Crippen LogP contribution is -2.40. The first-order chi connectivity index (χ1) is 8.38. The molecule has 0 aromatic carbocycles. The molecule has 0 radical (unpaired) electrons. The van der Waals surface area contributed by atoms with Gasteiger partial charge in [-0.1, -0.05) is 6.92 Å². The molecule has 0 amide bonds. The number of aliphatic hydroxyl groups is 1. The van der Waals surface area contributed by atoms with Gasteiger partial charge in [0.05, 0.1) is 0 Å². The highest BCUT2D eigenvalue weighted by atomic mass is 16.3. The fourth-order valence-corrected chi connectivity index (χ4v) is 3.00. The van der Waals surface area contributed by atoms with Crippen molar-refractivity contribution in [3.05, 3.63) is 23.2 Å². The number of aryl methyl sites for hydroxylation is 2. The average Bonchev–Trinajstić information content (AvgIpc) is 2.82. The van der Waals surface area contributed by atoms with Crippen molar-refractivity contribution in [2.24, 2.45) is 5.92 Å². The summed E-state index contributed by atoms with van der Waals surface area (Å²) in [6.07, 6.45) is 3.74. The molecule has 3 heteroatoms. The Balaban J connectivity index is 1.97. The first-order valence-electron chi connectivity index (χ1n) is 6.92. The molecule has 1 saturated carbocycles. The van der Waals surface area contributed by atoms with E-state index in [9.17, 15) is 5.11 Å². The second kappa shape index (κ2) is 5.06. The zero-order chi connectivity index (χ0) is 13.3. The second-order valence-corrected chi connectivity index (χ2v) is 6.10. The zero-order valence-electron chi connectivity index (χ0n) is 11.9. The monoisotopic (exact) mass is 251 g/mol. The van der Waals surface area contributed by atoms with Gasteiger partial charge in [-0.05, 0) is 52.0 Å². The average molecular weight is 251 g/mol. The first-order valence-corrected chi connectivity index (χ1v) is 6.92. The van der Waals surface area contributed by atoms with Crippen molar-refractivity contribution in [2.75, 3.05) is 6.54 Å². The third-order valence-electron chi connectivity index (χ3n) is 4.05. The van der Waals surface area contributed by atoms with Crippen LogP contribution in [0.3, 0.4) is 0 Å². The van der Waals surface area contributed by atoms with Crippen molar-refractivity contribution in [2.45, 2.75) is 58.6 Å². The number of furan rings is 1. The Morgan fingerprint density at radius 1 is 1.44 bits per heavy atom. The highest BCUT2D eigenvalue weighted by molar-refractivity contribution is 5.26. The van der Waals surface area contributed by atoms with Gasteiger partial charge >= 0.3 is 0 Å². The molecule has 1 fully saturated rings. The SMILES string of the molecule is Cc1cc(C(C)(O)CNC2CCC(C)C2)c(C)o1. The number of hydrogen-bond donors (Lipinski definition) is 2. The summed E-state index contributed by atoms with van der Waals surface area (Å²) < 4.78 is 5.50. The molecule has 0 bridgehead atoms. The van der Waals surface area contributed by atoms with E-state index in [1.165, 1.54) is 19.3 Å². The van der Waals surface area contributed by atoms with Gasteiger partial charge in [0.2, 0.25) is 0 Å². The minimum absolute atomic E-state index is 0.555. The molecule has 1 aliphatic rings. The van der Waals surface area contributed by atoms with Crippen LogP contribution in [0.2, 0.25) is 0 Å². The minimum Gasteiger partial charge on any atom is -0.466 e. The maximum atomic E-state index is 10.6. The summed E-state index contributed by atoms with van der Waals surface area (Å²) in [6, 6.07) is 2.49. The Labute approximate surface area is 110 Å². The van der Waals surface area contributed by atoms with E-state index in [0.29, 0.717) is 12.6 Å². The first kappa shape index (κ1) is 13.6. The largest absolute Gasteiger partial charge is 0.466 e. The number of hydrogen-bond acceptors (Lipinski definition) is 3. The second-order valence-electron chi connectivity index (χ2n) is 6.10. The van der Waals surface area contributed by atoms with Gasteiger partial charge < -0.3 is 14.8 Å². The third-order valence-corrected chi connectivity index (χ3v) is 4.05. The Bertz CT molecular complexity index is 409. The van der Waals surface area contributed by atoms with Crippen LogP contribution in [0.25, 0.3) is 0 Å². The van der Waals surface area contributed by atoms with E-state index in [1.54, 1.807) is 0 Å². The molecule has 2 rings (SSSR count). The highest BCUT2D eigenvalue weighted by Gasteiger charge is 2.29. The smallest absolute Gasteiger partial charge is 0.107 e. The zero-order valence-corrected chi connectivity index (χ0v) is 11.9. The summed E-state index contributed by atoms with van der Waals surface area (Å²) in [7, 11) is 0. The summed E-state index contributed by atoms with van der Waals surface area (Å²) >= 11 is 0. The minimum atomic E-state index is -0.854. The highest BCUT2D eigenvalue weighted by Crippen LogP contribution is 2.28. The van der Waals surface area contributed by atoms with Crippen LogP contribution in [-0.2, 0) is 5.60 Å². The van der Waals surface area contributed by atoms with Crippen molar-refractivity contribution >= 4 is 0 Å². The molecule has 0 saturated heterocycles. The van der Waals surface area contributed by atoms with E-state index >= 15 is 0 Å². The van der Waals surface area contributed by atoms with Gasteiger partial charge in [-0.3, -0.25) is 0 Å². The summed E-state index contributed by atoms with van der Waals surface area (Å²) in [5, 5.41) is 14.1. The fraction of sp³-hybridized carbons (Fsp3) is 0.733. The molecule has 1 aromatic heterocycles. The number of nitrogens with one attached hydrogen (secondary N) is 1. The molecular formula is C15H25NO2. The van der Waals surface area contributed by atoms with Crippen LogP contribution in [0, 0.1) is 19.8 Å². The lowest BCUT2D eigenvalue weighted by Gasteiger charge is -2.25. The van der Waals surface area contributed by atoms with Gasteiger partial charge in [0, 0.05) is 18.2 Å². The summed E-state index contributed by atoms with van der Waals surface area (Å²) in [6.45, 7) is 8.57. The maximum absolute atomic E-state index is 10.6. The quantitative estimate of drug-likeness (QED) is 0.865. The molecule has 3 nitrogen and oxygen atoms in total. The normalized spacial score (nSPS) is 27.4. The lowest BCUT2D eigenvalue weighted by atomic mass is 9.95. The van der Waals surface area contributed by atoms with Gasteiger partial charge in [0.15, 0.2) is 0 Å². The summed E-state index contributed by atoms with van der Waals surface area (Å²) in [5.74, 6) is 2.49. The molecule has 1 heterocycles. The Morgan fingerprint density at radius 3 is 2.67 bits per heavy atom. The van der Waals surface area contributed by atoms with Crippen LogP contribution >= 0.6 is 0 Å². The van der Waals surface area contributed by atoms with Crippen LogP contribution < -0.4 is 5.32 Å². The van der Waals surface area contributed by atoms with Gasteiger partial charge in [-0.25, -0.2) is 0 Å². The fourth-order valence-electron chi connectivity index (χ4n) is 3.00. The molecule has 1 aliphatic carbocycles. The van der Waals surface area contributed by atoms with Crippen molar-refractivity contribution in [1.82, 2.24) is 5.32 Å². The molecule has 3 atom stereocenters. The van der Waals surface area contributed by atoms with Crippen molar-refractivity contribution in [3.8, 4) is 0 Å². The topological polar surface area (TPSA) is 45.4 Å². The van der Waals surface area contributed by atoms with E-state index in [2.05, 4.69) is 12.2 Å². The Morgan fingerprint density at radius 2 is 2.17 bits per heavy atom. The van der Waals surface area contributed by atoms with Crippen molar-refractivity contribution < 1.29 is 9.52 Å². The molecule has 0 spiro atoms. The summed E-state index contributed by atoms with van der Waals surface area (Å²) in [4.78, 5) is 0. The van der Waals surface area contributed by atoms with E-state index in [-0.39, 0.29) is 0 Å². The Hall–Kier alpha value is -0.800. The third kappa shape index (κ3) is 2.96. The molecule has 1 aromatic rings. The molecule has 3 unspecified atom stereocenters. The Kier molecular flexibility index (Phi) is 3.83. The predicted molar refractivity (Wildman–Crippen MR) is 72.6 cm³/mol. The molecule has 0 aliphatic heterocycles. The molecular weight excluding hydrogens is 226 g/mol. The van der Waals surface area contributed by atoms with E-state index < -0.39 is 5.60 Å². The molecule has 18 heavy (non-hydrogen) atoms. The lowest BCUT2D eigenvalue weighted by molar-refractivity contribution is 0.0524. The van der Waals surface area contributed by atoms with E-state index in [4.69, 9.17) is 4.42 Å². The van der Waals surface area contributed by atoms with Gasteiger partial charge in [-0.15, -0.1) is 0 Å². The predicted octanol–water partition coefficient (Wildman–Crippen LogP) is 2.88. The van der Waals surface area contributed by atoms with Crippen molar-refractivity contribution in [1.29, 1.82) is 0 Å². The van der Waals surface area contributed by atoms with E-state index in [1.807, 2.05) is 26.8 Å². The molecule has 2 N–H and O–H groups in total. The van der Waals surface area contributed by atoms with E-state index in [0.717, 1.165) is 23.0 Å². The standard InChI is InChI=1S/C15H25NO2/c1-10-5-6-13(7-10)16-9-15(4,17)14-8-11(2)18-12(14)3/h8,10,13,16-17H,5-7,9H2,1-4H3. The summed E-state index contributed by atoms with van der Waals surface area (Å²) in [5.41, 5.74) is 0.0479. The van der Waals surface area contributed by atoms with Crippen LogP contribution in [0.15, 0.2) is 10.5 Å². The van der Waals surface area contributed by atoms with Crippen LogP contribution in [0.5, 0.6) is 0 Å². The van der Waals surface area contributed by atoms with Crippen molar-refractivity contribution in [3.63, 3.8) is 0 Å². The van der Waals surface area contributed by atoms with Crippen LogP contribution in [0.4, 0.5) is 0 Å².